The number of carbonyl (C=O) groups is 6. The SMILES string of the molecule is CN1CCC(C(=O)N(CC=O)c2ccc(-c3ccc4cc(C(=O)CNC(=O)C5CCN(C)N5C(=O)OC(C)(C)C)ccc4c3)cc2)N1C(=O)O. The summed E-state index contributed by atoms with van der Waals surface area (Å²) in [6.07, 6.45) is -0.507. The lowest BCUT2D eigenvalue weighted by Crippen LogP contribution is -2.52. The van der Waals surface area contributed by atoms with Crippen LogP contribution in [0.1, 0.15) is 44.0 Å². The van der Waals surface area contributed by atoms with Crippen molar-refractivity contribution < 1.29 is 38.6 Å². The Balaban J connectivity index is 1.24. The van der Waals surface area contributed by atoms with E-state index in [1.54, 1.807) is 64.1 Å². The number of aldehydes is 1. The van der Waals surface area contributed by atoms with Crippen molar-refractivity contribution in [2.45, 2.75) is 51.3 Å². The highest BCUT2D eigenvalue weighted by Gasteiger charge is 2.41. The van der Waals surface area contributed by atoms with Gasteiger partial charge in [0.2, 0.25) is 5.91 Å². The molecule has 14 heteroatoms. The maximum atomic E-state index is 13.4. The number of Topliss-reactive ketones (excluding diaryl/α,β-unsaturated/α-hetero) is 1. The Bertz CT molecular complexity index is 1810. The molecule has 2 unspecified atom stereocenters. The maximum absolute atomic E-state index is 13.4. The minimum atomic E-state index is -1.23. The molecule has 5 rings (SSSR count). The fraction of sp³-hybridized carbons (Fsp3) is 0.389. The quantitative estimate of drug-likeness (QED) is 0.251. The summed E-state index contributed by atoms with van der Waals surface area (Å²) >= 11 is 0. The molecule has 0 saturated carbocycles. The van der Waals surface area contributed by atoms with Crippen molar-refractivity contribution in [2.75, 3.05) is 45.2 Å². The van der Waals surface area contributed by atoms with Crippen LogP contribution in [0, 0.1) is 0 Å². The summed E-state index contributed by atoms with van der Waals surface area (Å²) in [6.45, 7) is 5.71. The average molecular weight is 687 g/mol. The Morgan fingerprint density at radius 1 is 0.860 bits per heavy atom. The molecule has 0 aromatic heterocycles. The van der Waals surface area contributed by atoms with E-state index >= 15 is 0 Å². The van der Waals surface area contributed by atoms with Crippen LogP contribution in [0.3, 0.4) is 0 Å². The average Bonchev–Trinajstić information content (AvgIpc) is 3.67. The monoisotopic (exact) mass is 686 g/mol. The van der Waals surface area contributed by atoms with E-state index in [1.807, 2.05) is 36.4 Å². The van der Waals surface area contributed by atoms with Gasteiger partial charge in [-0.15, -0.1) is 0 Å². The molecule has 0 bridgehead atoms. The standard InChI is InChI=1S/C36H42N6O8/c1-36(2,3)50-35(49)42-29(14-16-39(42)5)32(45)37-22-31(44)27-9-8-25-20-24(6-7-26(25)21-27)23-10-12-28(13-11-23)40(18-19-43)33(46)30-15-17-38(4)41(30)34(47)48/h6-13,19-21,29-30H,14-18,22H2,1-5H3,(H,37,45)(H,47,48). The summed E-state index contributed by atoms with van der Waals surface area (Å²) in [4.78, 5) is 76.7. The highest BCUT2D eigenvalue weighted by Crippen LogP contribution is 2.29. The van der Waals surface area contributed by atoms with Crippen LogP contribution in [0.5, 0.6) is 0 Å². The van der Waals surface area contributed by atoms with Crippen molar-refractivity contribution >= 4 is 52.5 Å². The molecule has 3 aromatic carbocycles. The van der Waals surface area contributed by atoms with E-state index in [1.165, 1.54) is 14.9 Å². The molecule has 14 nitrogen and oxygen atoms in total. The van der Waals surface area contributed by atoms with Gasteiger partial charge in [-0.25, -0.2) is 29.6 Å². The molecule has 0 radical (unpaired) electrons. The number of hydrogen-bond donors (Lipinski definition) is 2. The first kappa shape index (κ1) is 36.0. The summed E-state index contributed by atoms with van der Waals surface area (Å²) in [5.41, 5.74) is 1.91. The molecule has 2 aliphatic rings. The molecule has 264 valence electrons. The van der Waals surface area contributed by atoms with Crippen LogP contribution in [0.2, 0.25) is 0 Å². The molecule has 3 aromatic rings. The predicted molar refractivity (Wildman–Crippen MR) is 185 cm³/mol. The summed E-state index contributed by atoms with van der Waals surface area (Å²) < 4.78 is 5.46. The summed E-state index contributed by atoms with van der Waals surface area (Å²) in [7, 11) is 3.31. The van der Waals surface area contributed by atoms with E-state index in [0.29, 0.717) is 43.5 Å². The molecular weight excluding hydrogens is 644 g/mol. The molecule has 2 heterocycles. The van der Waals surface area contributed by atoms with Crippen LogP contribution >= 0.6 is 0 Å². The Morgan fingerprint density at radius 2 is 1.46 bits per heavy atom. The molecule has 2 saturated heterocycles. The van der Waals surface area contributed by atoms with Gasteiger partial charge in [0, 0.05) is 38.4 Å². The van der Waals surface area contributed by atoms with Crippen LogP contribution in [0.25, 0.3) is 21.9 Å². The number of amides is 4. The number of benzene rings is 3. The first-order valence-corrected chi connectivity index (χ1v) is 16.3. The number of fused-ring (bicyclic) bond motifs is 1. The Kier molecular flexibility index (Phi) is 10.5. The molecule has 0 spiro atoms. The van der Waals surface area contributed by atoms with E-state index < -0.39 is 41.7 Å². The van der Waals surface area contributed by atoms with Crippen molar-refractivity contribution in [2.24, 2.45) is 0 Å². The number of rotatable bonds is 9. The third-order valence-electron chi connectivity index (χ3n) is 8.76. The van der Waals surface area contributed by atoms with Gasteiger partial charge in [0.15, 0.2) is 5.78 Å². The van der Waals surface area contributed by atoms with E-state index in [0.717, 1.165) is 26.9 Å². The van der Waals surface area contributed by atoms with Crippen molar-refractivity contribution in [1.29, 1.82) is 0 Å². The van der Waals surface area contributed by atoms with Gasteiger partial charge in [-0.05, 0) is 79.8 Å². The maximum Gasteiger partial charge on any atom is 0.425 e. The van der Waals surface area contributed by atoms with Crippen LogP contribution in [-0.4, -0.2) is 119 Å². The van der Waals surface area contributed by atoms with Gasteiger partial charge in [-0.1, -0.05) is 36.4 Å². The van der Waals surface area contributed by atoms with Crippen molar-refractivity contribution in [3.05, 3.63) is 66.2 Å². The van der Waals surface area contributed by atoms with Crippen molar-refractivity contribution in [3.63, 3.8) is 0 Å². The zero-order chi connectivity index (χ0) is 36.3. The molecule has 2 fully saturated rings. The number of carbonyl (C=O) groups excluding carboxylic acids is 5. The van der Waals surface area contributed by atoms with Gasteiger partial charge < -0.3 is 24.9 Å². The van der Waals surface area contributed by atoms with Crippen LogP contribution in [-0.2, 0) is 19.1 Å². The van der Waals surface area contributed by atoms with Gasteiger partial charge in [0.1, 0.15) is 24.0 Å². The van der Waals surface area contributed by atoms with Gasteiger partial charge in [-0.2, -0.15) is 0 Å². The molecule has 50 heavy (non-hydrogen) atoms. The Morgan fingerprint density at radius 3 is 2.10 bits per heavy atom. The summed E-state index contributed by atoms with van der Waals surface area (Å²) in [5, 5.41) is 19.4. The topological polar surface area (TPSA) is 160 Å². The number of ketones is 1. The number of anilines is 1. The van der Waals surface area contributed by atoms with E-state index in [2.05, 4.69) is 5.32 Å². The number of nitrogens with zero attached hydrogens (tertiary/aromatic N) is 5. The lowest BCUT2D eigenvalue weighted by Gasteiger charge is -2.31. The first-order valence-electron chi connectivity index (χ1n) is 16.3. The lowest BCUT2D eigenvalue weighted by atomic mass is 9.98. The van der Waals surface area contributed by atoms with Gasteiger partial charge in [-0.3, -0.25) is 14.4 Å². The van der Waals surface area contributed by atoms with Crippen LogP contribution in [0.15, 0.2) is 60.7 Å². The second-order valence-electron chi connectivity index (χ2n) is 13.4. The smallest absolute Gasteiger partial charge is 0.425 e. The minimum Gasteiger partial charge on any atom is -0.464 e. The molecule has 4 amide bonds. The zero-order valence-corrected chi connectivity index (χ0v) is 28.8. The van der Waals surface area contributed by atoms with E-state index in [-0.39, 0.29) is 18.9 Å². The van der Waals surface area contributed by atoms with Gasteiger partial charge in [0.25, 0.3) is 5.91 Å². The number of nitrogens with one attached hydrogen (secondary N) is 1. The molecule has 0 aliphatic carbocycles. The van der Waals surface area contributed by atoms with Crippen molar-refractivity contribution in [1.82, 2.24) is 25.4 Å². The highest BCUT2D eigenvalue weighted by atomic mass is 16.6. The minimum absolute atomic E-state index is 0.213. The Hall–Kier alpha value is -5.34. The predicted octanol–water partition coefficient (Wildman–Crippen LogP) is 3.79. The third-order valence-corrected chi connectivity index (χ3v) is 8.76. The fourth-order valence-electron chi connectivity index (χ4n) is 6.28. The van der Waals surface area contributed by atoms with Gasteiger partial charge >= 0.3 is 12.2 Å². The van der Waals surface area contributed by atoms with E-state index in [9.17, 15) is 33.9 Å². The second kappa shape index (κ2) is 14.6. The number of ether oxygens (including phenoxy) is 1. The summed E-state index contributed by atoms with van der Waals surface area (Å²) in [5.74, 6) is -1.18. The normalized spacial score (nSPS) is 18.3. The van der Waals surface area contributed by atoms with E-state index in [4.69, 9.17) is 4.74 Å². The molecule has 2 N–H and O–H groups in total. The number of carboxylic acid groups (broad SMARTS) is 1. The Labute approximate surface area is 290 Å². The molecular formula is C36H42N6O8. The second-order valence-corrected chi connectivity index (χ2v) is 13.4. The molecule has 2 aliphatic heterocycles. The third kappa shape index (κ3) is 7.76. The zero-order valence-electron chi connectivity index (χ0n) is 28.8. The van der Waals surface area contributed by atoms with Crippen LogP contribution in [0.4, 0.5) is 15.3 Å². The number of hydrazine groups is 2. The lowest BCUT2D eigenvalue weighted by molar-refractivity contribution is -0.128. The first-order chi connectivity index (χ1) is 23.7. The fourth-order valence-corrected chi connectivity index (χ4v) is 6.28. The van der Waals surface area contributed by atoms with Crippen molar-refractivity contribution in [3.8, 4) is 11.1 Å². The highest BCUT2D eigenvalue weighted by molar-refractivity contribution is 6.03. The number of hydrogen-bond acceptors (Lipinski definition) is 9. The summed E-state index contributed by atoms with van der Waals surface area (Å²) in [6, 6.07) is 16.4. The largest absolute Gasteiger partial charge is 0.464 e. The molecule has 2 atom stereocenters. The van der Waals surface area contributed by atoms with Crippen LogP contribution < -0.4 is 10.2 Å². The van der Waals surface area contributed by atoms with Gasteiger partial charge in [0.05, 0.1) is 13.1 Å².